The fourth-order valence-electron chi connectivity index (χ4n) is 2.87. The molecule has 1 aliphatic heterocycles. The Balaban J connectivity index is 1.69. The van der Waals surface area contributed by atoms with E-state index in [9.17, 15) is 4.39 Å². The Morgan fingerprint density at radius 1 is 1.32 bits per heavy atom. The Morgan fingerprint density at radius 2 is 2.20 bits per heavy atom. The number of nitrogens with one attached hydrogen (secondary N) is 1. The molecule has 6 nitrogen and oxygen atoms in total. The first kappa shape index (κ1) is 15.5. The molecule has 3 N–H and O–H groups in total. The highest BCUT2D eigenvalue weighted by Crippen LogP contribution is 2.26. The number of nitrogen functional groups attached to an aromatic ring is 1. The van der Waals surface area contributed by atoms with Gasteiger partial charge in [0.25, 0.3) is 0 Å². The van der Waals surface area contributed by atoms with Crippen LogP contribution in [0.2, 0.25) is 0 Å². The molecule has 3 aromatic rings. The number of anilines is 2. The third-order valence-electron chi connectivity index (χ3n) is 4.34. The van der Waals surface area contributed by atoms with E-state index in [4.69, 9.17) is 0 Å². The van der Waals surface area contributed by atoms with E-state index in [0.29, 0.717) is 17.6 Å². The number of fused-ring (bicyclic) bond motifs is 2. The number of hydrogen-bond donors (Lipinski definition) is 2. The normalized spacial score (nSPS) is 13.9. The van der Waals surface area contributed by atoms with Crippen molar-refractivity contribution in [3.05, 3.63) is 59.7 Å². The summed E-state index contributed by atoms with van der Waals surface area (Å²) in [5.41, 5.74) is 8.81. The Labute approximate surface area is 144 Å². The third kappa shape index (κ3) is 2.78. The minimum atomic E-state index is -0.268. The largest absolute Gasteiger partial charge is 0.291 e. The summed E-state index contributed by atoms with van der Waals surface area (Å²) in [5, 5.41) is 2.82. The van der Waals surface area contributed by atoms with E-state index >= 15 is 0 Å². The minimum Gasteiger partial charge on any atom is -0.291 e. The predicted octanol–water partition coefficient (Wildman–Crippen LogP) is 2.03. The lowest BCUT2D eigenvalue weighted by Crippen LogP contribution is -2.95. The van der Waals surface area contributed by atoms with Crippen molar-refractivity contribution < 1.29 is 9.93 Å². The molecule has 2 aromatic heterocycles. The van der Waals surface area contributed by atoms with Crippen LogP contribution in [0.15, 0.2) is 47.6 Å². The first-order chi connectivity index (χ1) is 12.2. The molecule has 0 aliphatic carbocycles. The fraction of sp³-hybridized carbons (Fsp3) is 0.167. The highest BCUT2D eigenvalue weighted by atomic mass is 19.1. The number of hydrogen-bond acceptors (Lipinski definition) is 5. The van der Waals surface area contributed by atoms with E-state index in [0.717, 1.165) is 28.3 Å². The summed E-state index contributed by atoms with van der Waals surface area (Å²) in [7, 11) is 1.74. The van der Waals surface area contributed by atoms with Crippen LogP contribution >= 0.6 is 0 Å². The molecule has 1 aliphatic rings. The molecule has 0 saturated heterocycles. The highest BCUT2D eigenvalue weighted by molar-refractivity contribution is 5.97. The summed E-state index contributed by atoms with van der Waals surface area (Å²) in [6, 6.07) is 11.0. The Morgan fingerprint density at radius 3 is 3.04 bits per heavy atom. The van der Waals surface area contributed by atoms with Crippen molar-refractivity contribution in [2.24, 2.45) is 4.99 Å². The molecular weight excluding hydrogens is 319 g/mol. The quantitative estimate of drug-likeness (QED) is 0.567. The zero-order chi connectivity index (χ0) is 17.4. The summed E-state index contributed by atoms with van der Waals surface area (Å²) < 4.78 is 14.5. The van der Waals surface area contributed by atoms with Crippen molar-refractivity contribution in [2.45, 2.75) is 13.5 Å². The number of nitrogens with two attached hydrogens (primary N) is 1. The van der Waals surface area contributed by atoms with Crippen LogP contribution in [0.4, 0.5) is 15.9 Å². The molecule has 0 amide bonds. The second-order valence-corrected chi connectivity index (χ2v) is 5.92. The Bertz CT molecular complexity index is 984. The summed E-state index contributed by atoms with van der Waals surface area (Å²) >= 11 is 0. The van der Waals surface area contributed by atoms with Gasteiger partial charge in [0.1, 0.15) is 18.0 Å². The third-order valence-corrected chi connectivity index (χ3v) is 4.34. The first-order valence-corrected chi connectivity index (χ1v) is 8.00. The number of pyridine rings is 2. The van der Waals surface area contributed by atoms with Gasteiger partial charge in [-0.25, -0.2) is 14.8 Å². The van der Waals surface area contributed by atoms with E-state index in [1.807, 2.05) is 47.8 Å². The van der Waals surface area contributed by atoms with Crippen LogP contribution in [0.25, 0.3) is 10.9 Å². The van der Waals surface area contributed by atoms with Gasteiger partial charge in [0, 0.05) is 30.3 Å². The fourth-order valence-corrected chi connectivity index (χ4v) is 2.87. The van der Waals surface area contributed by atoms with Gasteiger partial charge >= 0.3 is 0 Å². The van der Waals surface area contributed by atoms with Crippen LogP contribution in [0.3, 0.4) is 0 Å². The average Bonchev–Trinajstić information content (AvgIpc) is 3.04. The standard InChI is InChI=1S/C18H17FN6/c1-11(20-2)15-5-6-16-18(22-15)25(24-23-16)10-13-8-12-4-3-7-21-17(12)9-14(13)19/h3-9,23-24H,10H2,1-2H3/p+1. The van der Waals surface area contributed by atoms with Crippen LogP contribution in [-0.2, 0) is 6.54 Å². The molecular formula is C18H18FN6+. The average molecular weight is 337 g/mol. The van der Waals surface area contributed by atoms with Crippen LogP contribution in [0, 0.1) is 5.82 Å². The van der Waals surface area contributed by atoms with E-state index in [-0.39, 0.29) is 5.82 Å². The zero-order valence-electron chi connectivity index (χ0n) is 14.0. The summed E-state index contributed by atoms with van der Waals surface area (Å²) in [5.74, 6) is 0.502. The first-order valence-electron chi connectivity index (χ1n) is 8.00. The number of rotatable bonds is 3. The summed E-state index contributed by atoms with van der Waals surface area (Å²) in [4.78, 5) is 13.0. The van der Waals surface area contributed by atoms with Gasteiger partial charge in [-0.05, 0) is 31.2 Å². The summed E-state index contributed by atoms with van der Waals surface area (Å²) in [6.07, 6.45) is 1.67. The second kappa shape index (κ2) is 6.10. The van der Waals surface area contributed by atoms with Crippen LogP contribution in [-0.4, -0.2) is 22.7 Å². The van der Waals surface area contributed by atoms with Gasteiger partial charge in [0.2, 0.25) is 5.82 Å². The number of nitrogens with zero attached hydrogens (tertiary/aromatic N) is 4. The predicted molar refractivity (Wildman–Crippen MR) is 95.8 cm³/mol. The van der Waals surface area contributed by atoms with Gasteiger partial charge in [-0.3, -0.25) is 9.98 Å². The van der Waals surface area contributed by atoms with E-state index < -0.39 is 0 Å². The SMILES string of the molecule is CN=C(C)c1ccc2c(n1)N(Cc1cc3cccnc3cc1F)[NH2+]N2. The monoisotopic (exact) mass is 337 g/mol. The molecule has 0 bridgehead atoms. The lowest BCUT2D eigenvalue weighted by Gasteiger charge is -2.14. The lowest BCUT2D eigenvalue weighted by molar-refractivity contribution is -0.633. The minimum absolute atomic E-state index is 0.268. The number of aliphatic imine (C=N–C) groups is 1. The molecule has 0 atom stereocenters. The Kier molecular flexibility index (Phi) is 3.77. The molecule has 0 spiro atoms. The molecule has 7 heteroatoms. The topological polar surface area (TPSA) is 70.0 Å². The van der Waals surface area contributed by atoms with Gasteiger partial charge < -0.3 is 0 Å². The smallest absolute Gasteiger partial charge is 0.209 e. The molecule has 0 radical (unpaired) electrons. The molecule has 25 heavy (non-hydrogen) atoms. The Hall–Kier alpha value is -3.06. The van der Waals surface area contributed by atoms with Gasteiger partial charge in [-0.1, -0.05) is 6.07 Å². The van der Waals surface area contributed by atoms with Crippen molar-refractivity contribution in [1.82, 2.24) is 9.97 Å². The van der Waals surface area contributed by atoms with E-state index in [1.54, 1.807) is 13.2 Å². The second-order valence-electron chi connectivity index (χ2n) is 5.92. The van der Waals surface area contributed by atoms with Crippen molar-refractivity contribution in [2.75, 3.05) is 17.5 Å². The number of benzene rings is 1. The lowest BCUT2D eigenvalue weighted by atomic mass is 10.1. The maximum absolute atomic E-state index is 14.5. The van der Waals surface area contributed by atoms with Gasteiger partial charge in [0.15, 0.2) is 0 Å². The maximum atomic E-state index is 14.5. The number of aromatic nitrogens is 2. The molecule has 1 aromatic carbocycles. The molecule has 0 fully saturated rings. The van der Waals surface area contributed by atoms with Gasteiger partial charge in [-0.2, -0.15) is 5.01 Å². The molecule has 0 saturated carbocycles. The van der Waals surface area contributed by atoms with Crippen molar-refractivity contribution >= 4 is 28.1 Å². The number of halogens is 1. The van der Waals surface area contributed by atoms with Crippen LogP contribution in [0.1, 0.15) is 18.2 Å². The van der Waals surface area contributed by atoms with Crippen molar-refractivity contribution in [3.8, 4) is 0 Å². The van der Waals surface area contributed by atoms with Crippen LogP contribution in [0.5, 0.6) is 0 Å². The van der Waals surface area contributed by atoms with Crippen molar-refractivity contribution in [1.29, 1.82) is 0 Å². The zero-order valence-corrected chi connectivity index (χ0v) is 14.0. The van der Waals surface area contributed by atoms with Crippen molar-refractivity contribution in [3.63, 3.8) is 0 Å². The van der Waals surface area contributed by atoms with Gasteiger partial charge in [-0.15, -0.1) is 5.53 Å². The maximum Gasteiger partial charge on any atom is 0.209 e. The van der Waals surface area contributed by atoms with Gasteiger partial charge in [0.05, 0.1) is 16.9 Å². The highest BCUT2D eigenvalue weighted by Gasteiger charge is 2.26. The molecule has 126 valence electrons. The summed E-state index contributed by atoms with van der Waals surface area (Å²) in [6.45, 7) is 2.30. The molecule has 3 heterocycles. The van der Waals surface area contributed by atoms with E-state index in [2.05, 4.69) is 20.4 Å². The van der Waals surface area contributed by atoms with Crippen LogP contribution < -0.4 is 16.0 Å². The molecule has 0 unspecified atom stereocenters. The molecule has 4 rings (SSSR count). The number of quaternary nitrogens is 1. The van der Waals surface area contributed by atoms with E-state index in [1.165, 1.54) is 6.07 Å².